The molecule has 162 valence electrons. The van der Waals surface area contributed by atoms with Crippen molar-refractivity contribution < 1.29 is 4.42 Å². The Morgan fingerprint density at radius 3 is 2.59 bits per heavy atom. The van der Waals surface area contributed by atoms with E-state index in [0.29, 0.717) is 13.1 Å². The molecule has 5 rings (SSSR count). The second kappa shape index (κ2) is 8.59. The highest BCUT2D eigenvalue weighted by atomic mass is 32.1. The van der Waals surface area contributed by atoms with Crippen LogP contribution >= 0.6 is 12.2 Å². The molecule has 1 aliphatic rings. The van der Waals surface area contributed by atoms with Gasteiger partial charge in [-0.05, 0) is 79.7 Å². The van der Waals surface area contributed by atoms with Gasteiger partial charge in [-0.1, -0.05) is 6.07 Å². The van der Waals surface area contributed by atoms with Crippen LogP contribution in [0, 0.1) is 13.8 Å². The Morgan fingerprint density at radius 1 is 1.03 bits per heavy atom. The van der Waals surface area contributed by atoms with E-state index in [1.54, 1.807) is 6.26 Å². The molecule has 4 aromatic rings. The van der Waals surface area contributed by atoms with Gasteiger partial charge < -0.3 is 19.2 Å². The smallest absolute Gasteiger partial charge is 0.170 e. The number of thiocarbonyl (C=S) groups is 1. The molecule has 0 spiro atoms. The molecule has 0 amide bonds. The van der Waals surface area contributed by atoms with Crippen LogP contribution in [0.25, 0.3) is 0 Å². The van der Waals surface area contributed by atoms with Gasteiger partial charge >= 0.3 is 0 Å². The molecular weight excluding hydrogens is 418 g/mol. The molecule has 2 unspecified atom stereocenters. The molecule has 0 bridgehead atoms. The highest BCUT2D eigenvalue weighted by molar-refractivity contribution is 7.80. The quantitative estimate of drug-likeness (QED) is 0.436. The third kappa shape index (κ3) is 3.80. The van der Waals surface area contributed by atoms with Crippen molar-refractivity contribution >= 4 is 17.3 Å². The van der Waals surface area contributed by atoms with Gasteiger partial charge in [0.2, 0.25) is 0 Å². The van der Waals surface area contributed by atoms with Gasteiger partial charge in [0.1, 0.15) is 5.76 Å². The van der Waals surface area contributed by atoms with Crippen LogP contribution in [0.15, 0.2) is 77.8 Å². The van der Waals surface area contributed by atoms with E-state index in [-0.39, 0.29) is 12.1 Å². The molecule has 0 aliphatic carbocycles. The van der Waals surface area contributed by atoms with E-state index in [9.17, 15) is 0 Å². The van der Waals surface area contributed by atoms with Gasteiger partial charge in [-0.3, -0.25) is 9.97 Å². The average molecular weight is 444 g/mol. The molecule has 5 heterocycles. The van der Waals surface area contributed by atoms with E-state index < -0.39 is 0 Å². The summed E-state index contributed by atoms with van der Waals surface area (Å²) in [5.41, 5.74) is 5.78. The number of nitrogens with zero attached hydrogens (tertiary/aromatic N) is 4. The highest BCUT2D eigenvalue weighted by Crippen LogP contribution is 2.41. The summed E-state index contributed by atoms with van der Waals surface area (Å²) in [6, 6.07) is 16.3. The first-order valence-electron chi connectivity index (χ1n) is 10.7. The Bertz CT molecular complexity index is 1200. The lowest BCUT2D eigenvalue weighted by Gasteiger charge is -2.28. The first-order chi connectivity index (χ1) is 15.6. The predicted molar refractivity (Wildman–Crippen MR) is 127 cm³/mol. The molecule has 1 fully saturated rings. The number of aryl methyl sites for hydroxylation is 1. The van der Waals surface area contributed by atoms with Crippen molar-refractivity contribution in [1.29, 1.82) is 0 Å². The fraction of sp³-hybridized carbons (Fsp3) is 0.240. The topological polar surface area (TPSA) is 59.1 Å². The summed E-state index contributed by atoms with van der Waals surface area (Å²) in [5.74, 6) is 0.938. The monoisotopic (exact) mass is 443 g/mol. The Balaban J connectivity index is 1.57. The largest absolute Gasteiger partial charge is 0.467 e. The number of pyridine rings is 2. The van der Waals surface area contributed by atoms with Crippen molar-refractivity contribution in [2.24, 2.45) is 0 Å². The SMILES string of the molecule is Cc1cc(C2C(c3ccccn3)NC(=S)N2Cc2ccncc2)c(C)n1Cc1ccco1. The minimum absolute atomic E-state index is 0.0158. The third-order valence-electron chi connectivity index (χ3n) is 6.13. The molecular formula is C25H25N5OS. The molecule has 32 heavy (non-hydrogen) atoms. The van der Waals surface area contributed by atoms with Crippen LogP contribution in [-0.2, 0) is 13.1 Å². The maximum absolute atomic E-state index is 5.82. The van der Waals surface area contributed by atoms with E-state index in [4.69, 9.17) is 16.6 Å². The average Bonchev–Trinajstić information content (AvgIpc) is 3.51. The van der Waals surface area contributed by atoms with Crippen LogP contribution in [0.5, 0.6) is 0 Å². The van der Waals surface area contributed by atoms with Crippen molar-refractivity contribution in [1.82, 2.24) is 24.8 Å². The lowest BCUT2D eigenvalue weighted by atomic mass is 9.96. The molecule has 1 saturated heterocycles. The predicted octanol–water partition coefficient (Wildman–Crippen LogP) is 4.71. The maximum Gasteiger partial charge on any atom is 0.170 e. The van der Waals surface area contributed by atoms with Gasteiger partial charge in [-0.2, -0.15) is 0 Å². The molecule has 0 saturated carbocycles. The van der Waals surface area contributed by atoms with Crippen LogP contribution in [-0.4, -0.2) is 24.5 Å². The minimum Gasteiger partial charge on any atom is -0.467 e. The number of furan rings is 1. The fourth-order valence-electron chi connectivity index (χ4n) is 4.53. The number of hydrogen-bond acceptors (Lipinski definition) is 4. The summed E-state index contributed by atoms with van der Waals surface area (Å²) in [6.45, 7) is 5.72. The van der Waals surface area contributed by atoms with Gasteiger partial charge in [-0.25, -0.2) is 0 Å². The van der Waals surface area contributed by atoms with Crippen molar-refractivity contribution in [3.63, 3.8) is 0 Å². The van der Waals surface area contributed by atoms with Crippen molar-refractivity contribution in [2.45, 2.75) is 39.0 Å². The Kier molecular flexibility index (Phi) is 5.49. The first kappa shape index (κ1) is 20.5. The molecule has 6 nitrogen and oxygen atoms in total. The molecule has 7 heteroatoms. The molecule has 0 aromatic carbocycles. The maximum atomic E-state index is 5.82. The zero-order chi connectivity index (χ0) is 22.1. The molecule has 1 N–H and O–H groups in total. The third-order valence-corrected chi connectivity index (χ3v) is 6.48. The number of nitrogens with one attached hydrogen (secondary N) is 1. The van der Waals surface area contributed by atoms with Crippen LogP contribution in [0.2, 0.25) is 0 Å². The van der Waals surface area contributed by atoms with Gasteiger partial charge in [0.05, 0.1) is 30.6 Å². The van der Waals surface area contributed by atoms with Crippen molar-refractivity contribution in [3.05, 3.63) is 107 Å². The number of hydrogen-bond donors (Lipinski definition) is 1. The van der Waals surface area contributed by atoms with Gasteiger partial charge in [0.25, 0.3) is 0 Å². The normalized spacial score (nSPS) is 18.2. The van der Waals surface area contributed by atoms with Crippen LogP contribution in [0.4, 0.5) is 0 Å². The summed E-state index contributed by atoms with van der Waals surface area (Å²) >= 11 is 5.82. The molecule has 4 aromatic heterocycles. The summed E-state index contributed by atoms with van der Waals surface area (Å²) in [6.07, 6.45) is 7.20. The second-order valence-electron chi connectivity index (χ2n) is 8.10. The standard InChI is InChI=1S/C25H25N5OS/c1-17-14-21(18(2)29(17)16-20-6-5-13-31-20)24-23(22-7-3-4-10-27-22)28-25(32)30(24)15-19-8-11-26-12-9-19/h3-14,23-24H,15-16H2,1-2H3,(H,28,32). The van der Waals surface area contributed by atoms with Crippen molar-refractivity contribution in [2.75, 3.05) is 0 Å². The summed E-state index contributed by atoms with van der Waals surface area (Å²) in [5, 5.41) is 4.28. The van der Waals surface area contributed by atoms with Gasteiger partial charge in [0.15, 0.2) is 5.11 Å². The summed E-state index contributed by atoms with van der Waals surface area (Å²) in [7, 11) is 0. The molecule has 1 aliphatic heterocycles. The second-order valence-corrected chi connectivity index (χ2v) is 8.49. The van der Waals surface area contributed by atoms with E-state index in [1.807, 2.05) is 55.0 Å². The van der Waals surface area contributed by atoms with E-state index in [0.717, 1.165) is 16.6 Å². The Labute approximate surface area is 192 Å². The zero-order valence-corrected chi connectivity index (χ0v) is 18.9. The van der Waals surface area contributed by atoms with E-state index in [2.05, 4.69) is 50.7 Å². The zero-order valence-electron chi connectivity index (χ0n) is 18.1. The molecule has 0 radical (unpaired) electrons. The summed E-state index contributed by atoms with van der Waals surface area (Å²) < 4.78 is 7.91. The fourth-order valence-corrected chi connectivity index (χ4v) is 4.83. The van der Waals surface area contributed by atoms with E-state index >= 15 is 0 Å². The van der Waals surface area contributed by atoms with Gasteiger partial charge in [-0.15, -0.1) is 0 Å². The van der Waals surface area contributed by atoms with Gasteiger partial charge in [0, 0.05) is 36.5 Å². The van der Waals surface area contributed by atoms with E-state index in [1.165, 1.54) is 22.5 Å². The Morgan fingerprint density at radius 2 is 1.88 bits per heavy atom. The summed E-state index contributed by atoms with van der Waals surface area (Å²) in [4.78, 5) is 11.1. The number of aromatic nitrogens is 3. The lowest BCUT2D eigenvalue weighted by Crippen LogP contribution is -2.29. The highest BCUT2D eigenvalue weighted by Gasteiger charge is 2.41. The Hall–Kier alpha value is -3.45. The van der Waals surface area contributed by atoms with Crippen LogP contribution < -0.4 is 5.32 Å². The van der Waals surface area contributed by atoms with Crippen LogP contribution in [0.3, 0.4) is 0 Å². The number of rotatable bonds is 6. The van der Waals surface area contributed by atoms with Crippen molar-refractivity contribution in [3.8, 4) is 0 Å². The lowest BCUT2D eigenvalue weighted by molar-refractivity contribution is 0.309. The molecule has 2 atom stereocenters. The minimum atomic E-state index is -0.0388. The first-order valence-corrected chi connectivity index (χ1v) is 11.1. The van der Waals surface area contributed by atoms with Crippen LogP contribution in [0.1, 0.15) is 46.1 Å².